The van der Waals surface area contributed by atoms with Gasteiger partial charge >= 0.3 is 0 Å². The number of carbonyl (C=O) groups is 1. The number of benzene rings is 1. The summed E-state index contributed by atoms with van der Waals surface area (Å²) in [6.07, 6.45) is 0.551. The number of allylic oxidation sites excluding steroid dienone is 1. The van der Waals surface area contributed by atoms with Crippen molar-refractivity contribution in [3.8, 4) is 11.5 Å². The number of phenolic OH excluding ortho intramolecular Hbond substituents is 1. The van der Waals surface area contributed by atoms with E-state index in [-0.39, 0.29) is 22.4 Å². The van der Waals surface area contributed by atoms with Crippen LogP contribution in [-0.2, 0) is 4.79 Å². The molecule has 0 saturated heterocycles. The zero-order valence-electron chi connectivity index (χ0n) is 6.95. The zero-order chi connectivity index (χ0) is 10.1. The molecule has 0 aliphatic carbocycles. The normalized spacial score (nSPS) is 14.1. The Kier molecular flexibility index (Phi) is 2.05. The highest BCUT2D eigenvalue weighted by Gasteiger charge is 2.19. The molecule has 0 fully saturated rings. The van der Waals surface area contributed by atoms with Crippen LogP contribution >= 0.6 is 11.6 Å². The van der Waals surface area contributed by atoms with E-state index in [9.17, 15) is 9.90 Å². The Labute approximate surface area is 84.8 Å². The molecular weight excluding hydrogens is 206 g/mol. The molecule has 0 spiro atoms. The van der Waals surface area contributed by atoms with Crippen LogP contribution in [0.5, 0.6) is 11.5 Å². The van der Waals surface area contributed by atoms with Crippen molar-refractivity contribution >= 4 is 23.6 Å². The number of fused-ring (bicyclic) bond motifs is 1. The van der Waals surface area contributed by atoms with Crippen LogP contribution in [0.1, 0.15) is 0 Å². The van der Waals surface area contributed by atoms with Gasteiger partial charge in [0.2, 0.25) is 5.22 Å². The lowest BCUT2D eigenvalue weighted by molar-refractivity contribution is -0.104. The SMILES string of the molecule is O=CC1=C(Cl)Oc2c(O)cccc2N1. The Morgan fingerprint density at radius 2 is 2.29 bits per heavy atom. The third-order valence-electron chi connectivity index (χ3n) is 1.78. The molecule has 0 amide bonds. The molecular formula is C9H6ClNO3. The number of phenols is 1. The van der Waals surface area contributed by atoms with Crippen molar-refractivity contribution < 1.29 is 14.6 Å². The number of carbonyl (C=O) groups excluding carboxylic acids is 1. The van der Waals surface area contributed by atoms with E-state index in [0.717, 1.165) is 0 Å². The minimum atomic E-state index is -0.0750. The molecule has 2 N–H and O–H groups in total. The van der Waals surface area contributed by atoms with Crippen molar-refractivity contribution in [2.24, 2.45) is 0 Å². The van der Waals surface area contributed by atoms with Gasteiger partial charge in [-0.25, -0.2) is 0 Å². The molecule has 14 heavy (non-hydrogen) atoms. The molecule has 1 aliphatic rings. The number of hydrogen-bond acceptors (Lipinski definition) is 4. The molecule has 1 heterocycles. The highest BCUT2D eigenvalue weighted by Crippen LogP contribution is 2.39. The van der Waals surface area contributed by atoms with Crippen molar-refractivity contribution in [1.82, 2.24) is 0 Å². The van der Waals surface area contributed by atoms with Gasteiger partial charge in [-0.05, 0) is 23.7 Å². The van der Waals surface area contributed by atoms with Gasteiger partial charge in [0, 0.05) is 0 Å². The van der Waals surface area contributed by atoms with E-state index in [1.165, 1.54) is 6.07 Å². The zero-order valence-corrected chi connectivity index (χ0v) is 7.71. The lowest BCUT2D eigenvalue weighted by Crippen LogP contribution is -2.12. The third-order valence-corrected chi connectivity index (χ3v) is 2.07. The van der Waals surface area contributed by atoms with Gasteiger partial charge in [-0.2, -0.15) is 0 Å². The quantitative estimate of drug-likeness (QED) is 0.696. The van der Waals surface area contributed by atoms with Crippen LogP contribution in [0.4, 0.5) is 5.69 Å². The number of aromatic hydroxyl groups is 1. The molecule has 2 rings (SSSR count). The number of anilines is 1. The maximum atomic E-state index is 10.5. The molecule has 1 aromatic rings. The minimum absolute atomic E-state index is 0.0295. The predicted molar refractivity (Wildman–Crippen MR) is 51.3 cm³/mol. The fourth-order valence-corrected chi connectivity index (χ4v) is 1.31. The summed E-state index contributed by atoms with van der Waals surface area (Å²) in [4.78, 5) is 10.5. The highest BCUT2D eigenvalue weighted by molar-refractivity contribution is 6.30. The van der Waals surface area contributed by atoms with Crippen LogP contribution in [0.15, 0.2) is 29.1 Å². The van der Waals surface area contributed by atoms with Gasteiger partial charge in [-0.3, -0.25) is 4.79 Å². The Bertz CT molecular complexity index is 428. The minimum Gasteiger partial charge on any atom is -0.504 e. The number of aldehydes is 1. The third kappa shape index (κ3) is 1.29. The first-order chi connectivity index (χ1) is 6.72. The van der Waals surface area contributed by atoms with Gasteiger partial charge in [0.15, 0.2) is 17.8 Å². The van der Waals surface area contributed by atoms with Crippen molar-refractivity contribution in [2.45, 2.75) is 0 Å². The molecule has 72 valence electrons. The smallest absolute Gasteiger partial charge is 0.221 e. The molecule has 0 saturated carbocycles. The standard InChI is InChI=1S/C9H6ClNO3/c10-9-6(4-12)11-5-2-1-3-7(13)8(5)14-9/h1-4,11,13H. The van der Waals surface area contributed by atoms with Crippen LogP contribution in [0, 0.1) is 0 Å². The highest BCUT2D eigenvalue weighted by atomic mass is 35.5. The van der Waals surface area contributed by atoms with Gasteiger partial charge in [0.1, 0.15) is 5.70 Å². The van der Waals surface area contributed by atoms with E-state index in [1.807, 2.05) is 0 Å². The first-order valence-corrected chi connectivity index (χ1v) is 4.22. The van der Waals surface area contributed by atoms with Crippen molar-refractivity contribution in [1.29, 1.82) is 0 Å². The first kappa shape index (κ1) is 8.90. The number of ether oxygens (including phenoxy) is 1. The number of hydrogen-bond donors (Lipinski definition) is 2. The molecule has 0 radical (unpaired) electrons. The summed E-state index contributed by atoms with van der Waals surface area (Å²) in [6, 6.07) is 4.77. The van der Waals surface area contributed by atoms with Crippen molar-refractivity contribution in [3.63, 3.8) is 0 Å². The Morgan fingerprint density at radius 1 is 1.50 bits per heavy atom. The Hall–Kier alpha value is -1.68. The fraction of sp³-hybridized carbons (Fsp3) is 0. The van der Waals surface area contributed by atoms with E-state index in [2.05, 4.69) is 5.32 Å². The number of para-hydroxylation sites is 1. The van der Waals surface area contributed by atoms with Gasteiger partial charge in [0.05, 0.1) is 5.69 Å². The average Bonchev–Trinajstić information content (AvgIpc) is 2.19. The summed E-state index contributed by atoms with van der Waals surface area (Å²) in [7, 11) is 0. The van der Waals surface area contributed by atoms with E-state index < -0.39 is 0 Å². The van der Waals surface area contributed by atoms with Crippen LogP contribution in [0.3, 0.4) is 0 Å². The topological polar surface area (TPSA) is 58.6 Å². The molecule has 1 aliphatic heterocycles. The lowest BCUT2D eigenvalue weighted by Gasteiger charge is -2.19. The fourth-order valence-electron chi connectivity index (χ4n) is 1.15. The molecule has 5 heteroatoms. The lowest BCUT2D eigenvalue weighted by atomic mass is 10.2. The van der Waals surface area contributed by atoms with Gasteiger partial charge in [-0.15, -0.1) is 0 Å². The van der Waals surface area contributed by atoms with Crippen LogP contribution < -0.4 is 10.1 Å². The number of nitrogens with one attached hydrogen (secondary N) is 1. The predicted octanol–water partition coefficient (Wildman–Crippen LogP) is 1.80. The van der Waals surface area contributed by atoms with Gasteiger partial charge in [0.25, 0.3) is 0 Å². The van der Waals surface area contributed by atoms with E-state index in [4.69, 9.17) is 16.3 Å². The summed E-state index contributed by atoms with van der Waals surface area (Å²) in [6.45, 7) is 0. The maximum Gasteiger partial charge on any atom is 0.221 e. The summed E-state index contributed by atoms with van der Waals surface area (Å²) in [5, 5.41) is 12.1. The summed E-state index contributed by atoms with van der Waals surface area (Å²) in [5.41, 5.74) is 0.654. The second-order valence-corrected chi connectivity index (χ2v) is 3.03. The number of halogens is 1. The maximum absolute atomic E-state index is 10.5. The van der Waals surface area contributed by atoms with Crippen LogP contribution in [0.25, 0.3) is 0 Å². The molecule has 0 unspecified atom stereocenters. The summed E-state index contributed by atoms with van der Waals surface area (Å²) >= 11 is 5.64. The van der Waals surface area contributed by atoms with Gasteiger partial charge in [-0.1, -0.05) is 6.07 Å². The van der Waals surface area contributed by atoms with E-state index in [0.29, 0.717) is 12.0 Å². The number of rotatable bonds is 1. The summed E-state index contributed by atoms with van der Waals surface area (Å²) in [5.74, 6) is 0.196. The van der Waals surface area contributed by atoms with Crippen molar-refractivity contribution in [2.75, 3.05) is 5.32 Å². The van der Waals surface area contributed by atoms with E-state index in [1.54, 1.807) is 12.1 Å². The monoisotopic (exact) mass is 211 g/mol. The Balaban J connectivity index is 2.48. The molecule has 4 nitrogen and oxygen atoms in total. The van der Waals surface area contributed by atoms with Crippen molar-refractivity contribution in [3.05, 3.63) is 29.1 Å². The largest absolute Gasteiger partial charge is 0.504 e. The average molecular weight is 212 g/mol. The molecule has 0 bridgehead atoms. The van der Waals surface area contributed by atoms with E-state index >= 15 is 0 Å². The molecule has 0 atom stereocenters. The van der Waals surface area contributed by atoms with Crippen LogP contribution in [-0.4, -0.2) is 11.4 Å². The molecule has 1 aromatic carbocycles. The van der Waals surface area contributed by atoms with Gasteiger partial charge < -0.3 is 15.2 Å². The van der Waals surface area contributed by atoms with Crippen LogP contribution in [0.2, 0.25) is 0 Å². The first-order valence-electron chi connectivity index (χ1n) is 3.84. The second kappa shape index (κ2) is 3.23. The second-order valence-electron chi connectivity index (χ2n) is 2.69. The molecule has 0 aromatic heterocycles. The Morgan fingerprint density at radius 3 is 3.00 bits per heavy atom. The summed E-state index contributed by atoms with van der Waals surface area (Å²) < 4.78 is 5.07.